The largest absolute Gasteiger partial charge is 0.478 e. The highest BCUT2D eigenvalue weighted by molar-refractivity contribution is 7.10. The van der Waals surface area contributed by atoms with Gasteiger partial charge in [-0.2, -0.15) is 4.37 Å². The Balaban J connectivity index is 1.72. The molecule has 3 N–H and O–H groups in total. The molecule has 2 heterocycles. The fraction of sp³-hybridized carbons (Fsp3) is 0.545. The van der Waals surface area contributed by atoms with Gasteiger partial charge < -0.3 is 15.2 Å². The Bertz CT molecular complexity index is 473. The zero-order chi connectivity index (χ0) is 14.4. The van der Waals surface area contributed by atoms with E-state index in [1.54, 1.807) is 0 Å². The topological polar surface area (TPSA) is 104 Å². The van der Waals surface area contributed by atoms with Gasteiger partial charge >= 0.3 is 12.0 Å². The van der Waals surface area contributed by atoms with Gasteiger partial charge in [0.05, 0.1) is 19.4 Å². The van der Waals surface area contributed by atoms with Crippen molar-refractivity contribution >= 4 is 28.5 Å². The van der Waals surface area contributed by atoms with Crippen LogP contribution in [0.5, 0.6) is 0 Å². The lowest BCUT2D eigenvalue weighted by Crippen LogP contribution is -2.42. The van der Waals surface area contributed by atoms with E-state index in [1.807, 2.05) is 0 Å². The van der Waals surface area contributed by atoms with Gasteiger partial charge in [-0.1, -0.05) is 0 Å². The first-order valence-corrected chi connectivity index (χ1v) is 6.97. The molecule has 0 unspecified atom stereocenters. The number of rotatable bonds is 5. The Labute approximate surface area is 119 Å². The molecule has 0 aliphatic carbocycles. The van der Waals surface area contributed by atoms with E-state index in [4.69, 9.17) is 9.84 Å². The van der Waals surface area contributed by atoms with Crippen LogP contribution in [0.4, 0.5) is 9.80 Å². The van der Waals surface area contributed by atoms with E-state index in [1.165, 1.54) is 6.20 Å². The van der Waals surface area contributed by atoms with Crippen molar-refractivity contribution in [3.63, 3.8) is 0 Å². The fourth-order valence-corrected chi connectivity index (χ4v) is 2.42. The lowest BCUT2D eigenvalue weighted by atomic mass is 10.3. The average molecular weight is 300 g/mol. The van der Waals surface area contributed by atoms with Crippen LogP contribution in [0.1, 0.15) is 10.4 Å². The van der Waals surface area contributed by atoms with Gasteiger partial charge in [0.15, 0.2) is 0 Å². The average Bonchev–Trinajstić information content (AvgIpc) is 2.88. The van der Waals surface area contributed by atoms with Crippen LogP contribution in [0.15, 0.2) is 6.20 Å². The molecule has 1 aromatic heterocycles. The third-order valence-corrected chi connectivity index (χ3v) is 3.56. The SMILES string of the molecule is O=C(NCCN1CCOCC1)Nc1sncc1C(=O)O. The molecule has 1 saturated heterocycles. The van der Waals surface area contributed by atoms with Crippen molar-refractivity contribution in [3.8, 4) is 0 Å². The van der Waals surface area contributed by atoms with Crippen molar-refractivity contribution in [1.82, 2.24) is 14.6 Å². The summed E-state index contributed by atoms with van der Waals surface area (Å²) >= 11 is 0.938. The maximum Gasteiger partial charge on any atom is 0.340 e. The molecule has 0 spiro atoms. The predicted molar refractivity (Wildman–Crippen MR) is 73.4 cm³/mol. The Hall–Kier alpha value is -1.71. The maximum atomic E-state index is 11.6. The van der Waals surface area contributed by atoms with E-state index in [2.05, 4.69) is 19.9 Å². The quantitative estimate of drug-likeness (QED) is 0.722. The van der Waals surface area contributed by atoms with Gasteiger partial charge in [0, 0.05) is 26.2 Å². The lowest BCUT2D eigenvalue weighted by molar-refractivity contribution is 0.0388. The lowest BCUT2D eigenvalue weighted by Gasteiger charge is -2.26. The Kier molecular flexibility index (Phi) is 5.27. The van der Waals surface area contributed by atoms with Crippen LogP contribution in [-0.2, 0) is 4.74 Å². The number of carbonyl (C=O) groups excluding carboxylic acids is 1. The highest BCUT2D eigenvalue weighted by Crippen LogP contribution is 2.19. The molecule has 1 aliphatic heterocycles. The number of urea groups is 1. The van der Waals surface area contributed by atoms with Crippen LogP contribution in [0, 0.1) is 0 Å². The number of aromatic carboxylic acids is 1. The Morgan fingerprint density at radius 3 is 2.90 bits per heavy atom. The standard InChI is InChI=1S/C11H16N4O4S/c16-10(17)8-7-13-20-9(8)14-11(18)12-1-2-15-3-5-19-6-4-15/h7H,1-6H2,(H,16,17)(H2,12,14,18). The van der Waals surface area contributed by atoms with Crippen LogP contribution in [0.3, 0.4) is 0 Å². The molecule has 110 valence electrons. The summed E-state index contributed by atoms with van der Waals surface area (Å²) in [6.07, 6.45) is 1.22. The molecular formula is C11H16N4O4S. The second-order valence-corrected chi connectivity index (χ2v) is 5.01. The summed E-state index contributed by atoms with van der Waals surface area (Å²) in [5.41, 5.74) is -0.00155. The minimum absolute atomic E-state index is 0.00155. The van der Waals surface area contributed by atoms with Crippen molar-refractivity contribution in [1.29, 1.82) is 0 Å². The second-order valence-electron chi connectivity index (χ2n) is 4.21. The number of ether oxygens (including phenoxy) is 1. The second kappa shape index (κ2) is 7.17. The van der Waals surface area contributed by atoms with E-state index < -0.39 is 12.0 Å². The predicted octanol–water partition coefficient (Wildman–Crippen LogP) is 0.295. The van der Waals surface area contributed by atoms with Gasteiger partial charge in [0.25, 0.3) is 0 Å². The van der Waals surface area contributed by atoms with Gasteiger partial charge in [-0.15, -0.1) is 0 Å². The molecule has 0 aromatic carbocycles. The van der Waals surface area contributed by atoms with Crippen molar-refractivity contribution < 1.29 is 19.4 Å². The van der Waals surface area contributed by atoms with Crippen LogP contribution in [0.25, 0.3) is 0 Å². The molecule has 2 amide bonds. The molecule has 8 nitrogen and oxygen atoms in total. The summed E-state index contributed by atoms with van der Waals surface area (Å²) in [5, 5.41) is 14.3. The minimum atomic E-state index is -1.11. The van der Waals surface area contributed by atoms with Crippen LogP contribution < -0.4 is 10.6 Å². The molecule has 9 heteroatoms. The summed E-state index contributed by atoms with van der Waals surface area (Å²) < 4.78 is 8.98. The maximum absolute atomic E-state index is 11.6. The third-order valence-electron chi connectivity index (χ3n) is 2.85. The van der Waals surface area contributed by atoms with Crippen molar-refractivity contribution in [2.24, 2.45) is 0 Å². The van der Waals surface area contributed by atoms with E-state index >= 15 is 0 Å². The molecule has 1 aromatic rings. The highest BCUT2D eigenvalue weighted by atomic mass is 32.1. The van der Waals surface area contributed by atoms with Crippen LogP contribution >= 0.6 is 11.5 Å². The molecule has 0 radical (unpaired) electrons. The number of amides is 2. The molecule has 20 heavy (non-hydrogen) atoms. The molecule has 0 atom stereocenters. The fourth-order valence-electron chi connectivity index (χ4n) is 1.78. The van der Waals surface area contributed by atoms with Crippen LogP contribution in [-0.4, -0.2) is 65.8 Å². The monoisotopic (exact) mass is 300 g/mol. The third kappa shape index (κ3) is 4.15. The summed E-state index contributed by atoms with van der Waals surface area (Å²) in [6, 6.07) is -0.426. The molecule has 1 aliphatic rings. The zero-order valence-corrected chi connectivity index (χ0v) is 11.6. The normalized spacial score (nSPS) is 15.8. The summed E-state index contributed by atoms with van der Waals surface area (Å²) in [6.45, 7) is 4.39. The number of anilines is 1. The van der Waals surface area contributed by atoms with Gasteiger partial charge in [-0.05, 0) is 11.5 Å². The van der Waals surface area contributed by atoms with Gasteiger partial charge in [-0.3, -0.25) is 10.2 Å². The number of hydrogen-bond acceptors (Lipinski definition) is 6. The van der Waals surface area contributed by atoms with E-state index in [0.717, 1.165) is 44.4 Å². The number of nitrogens with zero attached hydrogens (tertiary/aromatic N) is 2. The Morgan fingerprint density at radius 2 is 2.20 bits per heavy atom. The molecule has 2 rings (SSSR count). The summed E-state index contributed by atoms with van der Waals surface area (Å²) in [5.74, 6) is -1.11. The number of nitrogens with one attached hydrogen (secondary N) is 2. The van der Waals surface area contributed by atoms with Crippen molar-refractivity contribution in [2.45, 2.75) is 0 Å². The van der Waals surface area contributed by atoms with E-state index in [0.29, 0.717) is 6.54 Å². The number of carbonyl (C=O) groups is 2. The van der Waals surface area contributed by atoms with Gasteiger partial charge in [0.2, 0.25) is 0 Å². The first-order chi connectivity index (χ1) is 9.66. The minimum Gasteiger partial charge on any atom is -0.478 e. The number of hydrogen-bond donors (Lipinski definition) is 3. The molecule has 0 bridgehead atoms. The van der Waals surface area contributed by atoms with Gasteiger partial charge in [0.1, 0.15) is 10.6 Å². The number of aromatic nitrogens is 1. The van der Waals surface area contributed by atoms with E-state index in [-0.39, 0.29) is 10.6 Å². The number of morpholine rings is 1. The van der Waals surface area contributed by atoms with E-state index in [9.17, 15) is 9.59 Å². The summed E-state index contributed by atoms with van der Waals surface area (Å²) in [7, 11) is 0. The molecular weight excluding hydrogens is 284 g/mol. The van der Waals surface area contributed by atoms with Gasteiger partial charge in [-0.25, -0.2) is 9.59 Å². The zero-order valence-electron chi connectivity index (χ0n) is 10.8. The molecule has 0 saturated carbocycles. The van der Waals surface area contributed by atoms with Crippen molar-refractivity contribution in [3.05, 3.63) is 11.8 Å². The Morgan fingerprint density at radius 1 is 1.45 bits per heavy atom. The molecule has 1 fully saturated rings. The summed E-state index contributed by atoms with van der Waals surface area (Å²) in [4.78, 5) is 24.7. The van der Waals surface area contributed by atoms with Crippen molar-refractivity contribution in [2.75, 3.05) is 44.7 Å². The highest BCUT2D eigenvalue weighted by Gasteiger charge is 2.15. The first kappa shape index (κ1) is 14.7. The number of carboxylic acids is 1. The smallest absolute Gasteiger partial charge is 0.340 e. The number of carboxylic acid groups (broad SMARTS) is 1. The van der Waals surface area contributed by atoms with Crippen LogP contribution in [0.2, 0.25) is 0 Å². The first-order valence-electron chi connectivity index (χ1n) is 6.20.